The number of sulfone groups is 1. The van der Waals surface area contributed by atoms with E-state index in [2.05, 4.69) is 100 Å². The molecule has 12 N–H and O–H groups in total. The SMILES string of the molecule is C.CN(C)C(=O)C1CCC(c2cc(N)n3ncc(-c4cnn(C)c4)c3n2)CN1.COC(=O)C1CCC(c2cc(N)n3ncc(-c4ccn(C)c4)c3n2)CN1.Cn1ccc(-c2cnn3c(N)cc(C4CCC5COC(=O)N5C4)nc23)c1.Nc1c(Br)c(N2CCCS(=O)(=O)CC2)nc2c(-c3cnc4ccccc4c3)cnn12.Nc1c(Br)c(N2CCCS(=O)CC2)nc2c(-c3cnc4ccccc4c3)cnn12. The van der Waals surface area contributed by atoms with Crippen molar-refractivity contribution in [2.75, 3.05) is 135 Å². The molecule has 44 heteroatoms. The van der Waals surface area contributed by atoms with Crippen molar-refractivity contribution in [3.63, 3.8) is 0 Å². The number of hydrogen-bond donors (Lipinski definition) is 7. The standard InChI is InChI=1S/C20H19BrN6O2S.C20H19BrN6OS.C18H24N8O.C18H20N6O2.C18H22N6O2.CH4/c21-17-18(22)27-19(25-20(17)26-6-3-8-30(28,29)9-7-26)15(12-24-27)14-10-13-4-1-2-5-16(13)23-11-14;21-17-18(22)27-19(25-20(17)26-6-3-8-29(28)9-7-26)15(12-24-27)14-10-13-4-1-2-5-16(13)23-11-14;1-24(2)18(27)14-5-4-11(7-20-14)15-6-16(19)26-17(23-15)13(9-22-26)12-8-21-25(3)10-12;1-22-5-4-11(8-22)14-7-20-24-16(19)6-15(21-17(14)24)12-2-3-13-10-26-18(25)23(13)9-12;1-23-6-5-12(10-23)13-9-21-24-16(19)7-15(22-17(13)24)11-3-4-14(20-8-11)18(25)26-2;/h1-2,4-5,10-12H,3,6-9,22H2;1-2,4-5,10-12H,3,6-9,22H2;6,8-11,14,20H,4-5,7,19H2,1-3H3;4-8,12-13H,2-3,9-10,19H2,1H3;5-7,9-11,14,20H,3-4,8,19H2,1-2H3;1H4. The van der Waals surface area contributed by atoms with Gasteiger partial charge in [0.25, 0.3) is 0 Å². The van der Waals surface area contributed by atoms with Crippen LogP contribution < -0.4 is 49.1 Å². The molecule has 6 aliphatic rings. The molecule has 6 aliphatic heterocycles. The molecule has 23 rings (SSSR count). The number of fused-ring (bicyclic) bond motifs is 8. The van der Waals surface area contributed by atoms with Crippen molar-refractivity contribution in [1.29, 1.82) is 0 Å². The van der Waals surface area contributed by atoms with Crippen LogP contribution in [0.2, 0.25) is 0 Å². The maximum atomic E-state index is 12.1. The predicted octanol–water partition coefficient (Wildman–Crippen LogP) is 10.8. The number of amides is 2. The average Bonchev–Trinajstić information content (AvgIpc) is 1.66. The summed E-state index contributed by atoms with van der Waals surface area (Å²) in [7, 11) is 7.02. The number of methoxy groups -OCH3 is 1. The fraction of sp³-hybridized carbons (Fsp3) is 0.347. The van der Waals surface area contributed by atoms with E-state index >= 15 is 0 Å². The number of aromatic nitrogens is 21. The number of cyclic esters (lactones) is 1. The number of ether oxygens (including phenoxy) is 2. The number of nitrogens with one attached hydrogen (secondary N) is 2. The van der Waals surface area contributed by atoms with Crippen LogP contribution in [-0.2, 0) is 60.8 Å². The molecule has 139 heavy (non-hydrogen) atoms. The Kier molecular flexibility index (Phi) is 27.5. The van der Waals surface area contributed by atoms with Crippen molar-refractivity contribution in [1.82, 2.24) is 122 Å². The summed E-state index contributed by atoms with van der Waals surface area (Å²) in [5, 5.41) is 34.9. The molecule has 2 aromatic carbocycles. The molecule has 40 nitrogen and oxygen atoms in total. The maximum absolute atomic E-state index is 12.1. The zero-order chi connectivity index (χ0) is 96.1. The zero-order valence-electron chi connectivity index (χ0n) is 76.7. The number of rotatable bonds is 12. The van der Waals surface area contributed by atoms with Crippen molar-refractivity contribution in [3.05, 3.63) is 198 Å². The highest BCUT2D eigenvalue weighted by Crippen LogP contribution is 2.41. The molecule has 7 unspecified atom stereocenters. The molecular formula is C95H108Br2N32O8S2. The zero-order valence-corrected chi connectivity index (χ0v) is 81.5. The smallest absolute Gasteiger partial charge is 0.410 e. The minimum absolute atomic E-state index is 0. The first-order valence-electron chi connectivity index (χ1n) is 45.4. The lowest BCUT2D eigenvalue weighted by Gasteiger charge is -2.32. The van der Waals surface area contributed by atoms with Crippen molar-refractivity contribution in [2.24, 2.45) is 21.1 Å². The van der Waals surface area contributed by atoms with E-state index in [0.29, 0.717) is 113 Å². The van der Waals surface area contributed by atoms with Crippen LogP contribution in [-0.4, -0.2) is 257 Å². The van der Waals surface area contributed by atoms with Crippen LogP contribution in [0.4, 0.5) is 45.5 Å². The van der Waals surface area contributed by atoms with Crippen molar-refractivity contribution < 1.29 is 36.5 Å². The van der Waals surface area contributed by atoms with Crippen LogP contribution in [0.15, 0.2) is 180 Å². The molecule has 7 atom stereocenters. The second-order valence-corrected chi connectivity index (χ2v) is 41.1. The summed E-state index contributed by atoms with van der Waals surface area (Å²) in [6.45, 7) is 4.96. The van der Waals surface area contributed by atoms with Gasteiger partial charge in [0, 0.05) is 249 Å². The number of likely N-dealkylation sites (N-methyl/N-ethyl adjacent to an activating group) is 1. The maximum Gasteiger partial charge on any atom is 0.410 e. The lowest BCUT2D eigenvalue weighted by molar-refractivity contribution is -0.143. The first-order valence-corrected chi connectivity index (χ1v) is 50.3. The first-order chi connectivity index (χ1) is 66.6. The molecule has 722 valence electrons. The summed E-state index contributed by atoms with van der Waals surface area (Å²) >= 11 is 7.13. The Morgan fingerprint density at radius 3 is 1.45 bits per heavy atom. The fourth-order valence-corrected chi connectivity index (χ4v) is 21.9. The summed E-state index contributed by atoms with van der Waals surface area (Å²) in [5.74, 6) is 6.11. The number of piperidine rings is 3. The quantitative estimate of drug-likeness (QED) is 0.0559. The van der Waals surface area contributed by atoms with E-state index in [1.807, 2.05) is 156 Å². The number of nitrogens with zero attached hydrogens (tertiary/aromatic N) is 25. The van der Waals surface area contributed by atoms with Crippen LogP contribution in [0.3, 0.4) is 0 Å². The Balaban J connectivity index is 0.000000115. The number of anilines is 7. The molecule has 0 spiro atoms. The molecule has 0 aliphatic carbocycles. The Labute approximate surface area is 818 Å². The largest absolute Gasteiger partial charge is 0.468 e. The molecule has 17 aromatic rings. The summed E-state index contributed by atoms with van der Waals surface area (Å²) in [6.07, 6.45) is 30.6. The number of aryl methyl sites for hydroxylation is 3. The monoisotopic (exact) mass is 2050 g/mol. The van der Waals surface area contributed by atoms with E-state index < -0.39 is 20.6 Å². The number of nitrogen functional groups attached to an aromatic ring is 5. The number of carbonyl (C=O) groups is 3. The van der Waals surface area contributed by atoms with E-state index in [-0.39, 0.29) is 72.8 Å². The number of hydrogen-bond acceptors (Lipinski definition) is 30. The number of para-hydroxylation sites is 2. The number of nitrogens with two attached hydrogens (primary N) is 5. The lowest BCUT2D eigenvalue weighted by Crippen LogP contribution is -2.48. The molecule has 2 amide bonds. The van der Waals surface area contributed by atoms with Gasteiger partial charge in [-0.25, -0.2) is 38.1 Å². The Morgan fingerprint density at radius 2 is 0.971 bits per heavy atom. The van der Waals surface area contributed by atoms with Gasteiger partial charge in [0.1, 0.15) is 62.3 Å². The van der Waals surface area contributed by atoms with Gasteiger partial charge in [-0.05, 0) is 120 Å². The Bertz CT molecular complexity index is 7640. The molecule has 6 saturated heterocycles. The fourth-order valence-electron chi connectivity index (χ4n) is 18.6. The van der Waals surface area contributed by atoms with Crippen molar-refractivity contribution in [3.8, 4) is 55.6 Å². The topological polar surface area (TPSA) is 492 Å². The second kappa shape index (κ2) is 40.2. The normalized spacial score (nSPS) is 19.3. The minimum Gasteiger partial charge on any atom is -0.468 e. The van der Waals surface area contributed by atoms with E-state index in [1.54, 1.807) is 89.6 Å². The van der Waals surface area contributed by atoms with Crippen LogP contribution >= 0.6 is 31.9 Å². The molecular weight excluding hydrogens is 1940 g/mol. The summed E-state index contributed by atoms with van der Waals surface area (Å²) in [6, 6.07) is 29.6. The highest BCUT2D eigenvalue weighted by molar-refractivity contribution is 9.11. The molecule has 0 saturated carbocycles. The second-order valence-electron chi connectivity index (χ2n) is 35.5. The number of halogens is 2. The third-order valence-electron chi connectivity index (χ3n) is 26.1. The summed E-state index contributed by atoms with van der Waals surface area (Å²) < 4.78 is 61.2. The third kappa shape index (κ3) is 19.7. The molecule has 6 fully saturated rings. The lowest BCUT2D eigenvalue weighted by atomic mass is 9.91. The van der Waals surface area contributed by atoms with Crippen molar-refractivity contribution >= 4 is 161 Å². The third-order valence-corrected chi connectivity index (χ3v) is 30.7. The Hall–Kier alpha value is -14.1. The number of benzene rings is 2. The van der Waals surface area contributed by atoms with E-state index in [9.17, 15) is 27.0 Å². The number of carbonyl (C=O) groups excluding carboxylic acids is 3. The van der Waals surface area contributed by atoms with E-state index in [1.165, 1.54) is 7.11 Å². The van der Waals surface area contributed by atoms with Gasteiger partial charge >= 0.3 is 12.1 Å². The number of pyridine rings is 2. The molecule has 21 heterocycles. The van der Waals surface area contributed by atoms with Crippen LogP contribution in [0.1, 0.15) is 93.6 Å². The number of esters is 1. The minimum atomic E-state index is -3.03. The van der Waals surface area contributed by atoms with Crippen LogP contribution in [0.5, 0.6) is 0 Å². The van der Waals surface area contributed by atoms with Gasteiger partial charge in [0.15, 0.2) is 38.1 Å². The predicted molar refractivity (Wildman–Crippen MR) is 544 cm³/mol. The first kappa shape index (κ1) is 95.2. The van der Waals surface area contributed by atoms with Gasteiger partial charge < -0.3 is 77.5 Å². The van der Waals surface area contributed by atoms with Gasteiger partial charge in [-0.2, -0.15) is 53.2 Å². The van der Waals surface area contributed by atoms with E-state index in [0.717, 1.165) is 175 Å². The molecule has 0 bridgehead atoms. The van der Waals surface area contributed by atoms with Gasteiger partial charge in [-0.1, -0.05) is 43.8 Å². The van der Waals surface area contributed by atoms with Gasteiger partial charge in [0.05, 0.1) is 96.0 Å². The van der Waals surface area contributed by atoms with Crippen LogP contribution in [0, 0.1) is 0 Å². The molecule has 15 aromatic heterocycles. The highest BCUT2D eigenvalue weighted by Gasteiger charge is 2.40. The highest BCUT2D eigenvalue weighted by atomic mass is 79.9. The van der Waals surface area contributed by atoms with Gasteiger partial charge in [-0.3, -0.25) is 28.4 Å². The molecule has 0 radical (unpaired) electrons. The van der Waals surface area contributed by atoms with Crippen LogP contribution in [0.25, 0.3) is 106 Å². The Morgan fingerprint density at radius 1 is 0.511 bits per heavy atom. The van der Waals surface area contributed by atoms with Gasteiger partial charge in [-0.15, -0.1) is 0 Å². The summed E-state index contributed by atoms with van der Waals surface area (Å²) in [4.78, 5) is 76.8. The average molecular weight is 2050 g/mol. The van der Waals surface area contributed by atoms with Gasteiger partial charge in [0.2, 0.25) is 5.91 Å². The van der Waals surface area contributed by atoms with E-state index in [4.69, 9.17) is 63.1 Å². The van der Waals surface area contributed by atoms with Crippen molar-refractivity contribution in [2.45, 2.75) is 94.7 Å². The summed E-state index contributed by atoms with van der Waals surface area (Å²) in [5.41, 5.74) is 49.0.